The van der Waals surface area contributed by atoms with Crippen molar-refractivity contribution >= 4 is 17.6 Å². The number of furan rings is 1. The quantitative estimate of drug-likeness (QED) is 0.805. The van der Waals surface area contributed by atoms with Crippen LogP contribution in [0.2, 0.25) is 0 Å². The number of rotatable bonds is 5. The molecule has 4 N–H and O–H groups in total. The molecule has 0 spiro atoms. The highest BCUT2D eigenvalue weighted by Crippen LogP contribution is 2.30. The van der Waals surface area contributed by atoms with Gasteiger partial charge in [0, 0.05) is 49.9 Å². The zero-order valence-electron chi connectivity index (χ0n) is 16.6. The van der Waals surface area contributed by atoms with Crippen LogP contribution in [-0.2, 0) is 12.0 Å². The molecule has 0 bridgehead atoms. The molecule has 150 valence electrons. The van der Waals surface area contributed by atoms with E-state index < -0.39 is 11.8 Å². The van der Waals surface area contributed by atoms with Crippen molar-refractivity contribution in [2.75, 3.05) is 31.1 Å². The second kappa shape index (κ2) is 7.63. The second-order valence-corrected chi connectivity index (χ2v) is 8.08. The summed E-state index contributed by atoms with van der Waals surface area (Å²) in [6, 6.07) is 5.16. The minimum Gasteiger partial charge on any atom is -0.455 e. The molecular formula is C20H27N5O3. The molecule has 0 saturated carbocycles. The lowest BCUT2D eigenvalue weighted by Gasteiger charge is -2.36. The molecule has 1 aliphatic rings. The number of carbonyl (C=O) groups is 2. The summed E-state index contributed by atoms with van der Waals surface area (Å²) < 4.78 is 5.74. The first-order valence-corrected chi connectivity index (χ1v) is 9.32. The molecule has 3 heterocycles. The molecule has 0 unspecified atom stereocenters. The van der Waals surface area contributed by atoms with Crippen LogP contribution in [0.25, 0.3) is 0 Å². The lowest BCUT2D eigenvalue weighted by Crippen LogP contribution is -2.47. The zero-order chi connectivity index (χ0) is 20.5. The SMILES string of the molecule is CC(C)(C)c1oc(C(N)=O)cc1CN1CCN(c2ncccc2C(N)=O)CC1. The number of nitrogens with two attached hydrogens (primary N) is 2. The summed E-state index contributed by atoms with van der Waals surface area (Å²) in [5.74, 6) is 0.570. The van der Waals surface area contributed by atoms with Gasteiger partial charge in [-0.25, -0.2) is 4.98 Å². The van der Waals surface area contributed by atoms with E-state index in [9.17, 15) is 9.59 Å². The maximum Gasteiger partial charge on any atom is 0.284 e. The maximum absolute atomic E-state index is 11.7. The minimum absolute atomic E-state index is 0.193. The number of primary amides is 2. The van der Waals surface area contributed by atoms with Crippen molar-refractivity contribution in [3.8, 4) is 0 Å². The number of carbonyl (C=O) groups excluding carboxylic acids is 2. The largest absolute Gasteiger partial charge is 0.455 e. The van der Waals surface area contributed by atoms with Crippen LogP contribution in [0.15, 0.2) is 28.8 Å². The molecular weight excluding hydrogens is 358 g/mol. The Hall–Kier alpha value is -2.87. The van der Waals surface area contributed by atoms with Crippen molar-refractivity contribution < 1.29 is 14.0 Å². The van der Waals surface area contributed by atoms with Crippen LogP contribution < -0.4 is 16.4 Å². The molecule has 3 rings (SSSR count). The predicted octanol–water partition coefficient (Wildman–Crippen LogP) is 1.49. The molecule has 0 radical (unpaired) electrons. The summed E-state index contributed by atoms with van der Waals surface area (Å²) in [4.78, 5) is 31.9. The standard InChI is InChI=1S/C20H27N5O3/c1-20(2,3)16-13(11-15(28-16)18(22)27)12-24-7-9-25(10-8-24)19-14(17(21)26)5-4-6-23-19/h4-6,11H,7-10,12H2,1-3H3,(H2,21,26)(H2,22,27). The van der Waals surface area contributed by atoms with E-state index in [1.54, 1.807) is 24.4 Å². The van der Waals surface area contributed by atoms with Crippen molar-refractivity contribution in [2.24, 2.45) is 11.5 Å². The van der Waals surface area contributed by atoms with Gasteiger partial charge in [-0.05, 0) is 18.2 Å². The fourth-order valence-corrected chi connectivity index (χ4v) is 3.50. The predicted molar refractivity (Wildman–Crippen MR) is 106 cm³/mol. The number of aromatic nitrogens is 1. The van der Waals surface area contributed by atoms with Crippen LogP contribution in [-0.4, -0.2) is 47.9 Å². The van der Waals surface area contributed by atoms with Crippen molar-refractivity contribution in [1.29, 1.82) is 0 Å². The molecule has 28 heavy (non-hydrogen) atoms. The molecule has 1 fully saturated rings. The third-order valence-corrected chi connectivity index (χ3v) is 4.85. The van der Waals surface area contributed by atoms with Crippen LogP contribution in [0.3, 0.4) is 0 Å². The van der Waals surface area contributed by atoms with Crippen LogP contribution in [0.4, 0.5) is 5.82 Å². The summed E-state index contributed by atoms with van der Waals surface area (Å²) in [5, 5.41) is 0. The summed E-state index contributed by atoms with van der Waals surface area (Å²) in [7, 11) is 0. The third-order valence-electron chi connectivity index (χ3n) is 4.85. The van der Waals surface area contributed by atoms with E-state index in [0.29, 0.717) is 17.9 Å². The minimum atomic E-state index is -0.560. The van der Waals surface area contributed by atoms with E-state index in [1.165, 1.54) is 0 Å². The Bertz CT molecular complexity index is 876. The average Bonchev–Trinajstić information content (AvgIpc) is 3.07. The number of nitrogens with zero attached hydrogens (tertiary/aromatic N) is 3. The molecule has 0 aromatic carbocycles. The fourth-order valence-electron chi connectivity index (χ4n) is 3.50. The van der Waals surface area contributed by atoms with Crippen molar-refractivity contribution in [3.05, 3.63) is 47.0 Å². The van der Waals surface area contributed by atoms with Crippen molar-refractivity contribution in [2.45, 2.75) is 32.7 Å². The number of pyridine rings is 1. The van der Waals surface area contributed by atoms with Gasteiger partial charge in [0.15, 0.2) is 5.76 Å². The Labute approximate surface area is 164 Å². The summed E-state index contributed by atoms with van der Waals surface area (Å²) >= 11 is 0. The number of amides is 2. The molecule has 1 saturated heterocycles. The van der Waals surface area contributed by atoms with Gasteiger partial charge in [0.2, 0.25) is 0 Å². The molecule has 2 aromatic heterocycles. The van der Waals surface area contributed by atoms with Gasteiger partial charge in [-0.1, -0.05) is 20.8 Å². The Kier molecular flexibility index (Phi) is 5.42. The van der Waals surface area contributed by atoms with Gasteiger partial charge in [0.05, 0.1) is 5.56 Å². The van der Waals surface area contributed by atoms with Crippen molar-refractivity contribution in [3.63, 3.8) is 0 Å². The van der Waals surface area contributed by atoms with Gasteiger partial charge in [-0.15, -0.1) is 0 Å². The van der Waals surface area contributed by atoms with E-state index in [4.69, 9.17) is 15.9 Å². The lowest BCUT2D eigenvalue weighted by molar-refractivity contribution is 0.0968. The van der Waals surface area contributed by atoms with Crippen LogP contribution in [0.1, 0.15) is 53.0 Å². The maximum atomic E-state index is 11.7. The Balaban J connectivity index is 1.72. The Morgan fingerprint density at radius 1 is 1.14 bits per heavy atom. The zero-order valence-corrected chi connectivity index (χ0v) is 16.6. The first kappa shape index (κ1) is 19.9. The molecule has 2 aromatic rings. The highest BCUT2D eigenvalue weighted by Gasteiger charge is 2.28. The van der Waals surface area contributed by atoms with Gasteiger partial charge in [0.1, 0.15) is 11.6 Å². The van der Waals surface area contributed by atoms with Crippen LogP contribution in [0.5, 0.6) is 0 Å². The van der Waals surface area contributed by atoms with E-state index in [1.807, 2.05) is 20.8 Å². The summed E-state index contributed by atoms with van der Waals surface area (Å²) in [6.07, 6.45) is 1.67. The molecule has 8 nitrogen and oxygen atoms in total. The molecule has 0 atom stereocenters. The van der Waals surface area contributed by atoms with E-state index >= 15 is 0 Å². The summed E-state index contributed by atoms with van der Waals surface area (Å²) in [6.45, 7) is 9.83. The van der Waals surface area contributed by atoms with Crippen LogP contribution in [0, 0.1) is 0 Å². The first-order valence-electron chi connectivity index (χ1n) is 9.32. The third kappa shape index (κ3) is 4.17. The first-order chi connectivity index (χ1) is 13.2. The lowest BCUT2D eigenvalue weighted by atomic mass is 9.90. The van der Waals surface area contributed by atoms with Gasteiger partial charge in [-0.2, -0.15) is 0 Å². The number of piperazine rings is 1. The van der Waals surface area contributed by atoms with Gasteiger partial charge >= 0.3 is 0 Å². The van der Waals surface area contributed by atoms with Crippen molar-refractivity contribution in [1.82, 2.24) is 9.88 Å². The Morgan fingerprint density at radius 3 is 2.39 bits per heavy atom. The fraction of sp³-hybridized carbons (Fsp3) is 0.450. The summed E-state index contributed by atoms with van der Waals surface area (Å²) in [5.41, 5.74) is 12.1. The molecule has 1 aliphatic heterocycles. The van der Waals surface area contributed by atoms with Gasteiger partial charge in [0.25, 0.3) is 11.8 Å². The van der Waals surface area contributed by atoms with E-state index in [-0.39, 0.29) is 11.2 Å². The average molecular weight is 385 g/mol. The second-order valence-electron chi connectivity index (χ2n) is 8.08. The van der Waals surface area contributed by atoms with Gasteiger partial charge in [-0.3, -0.25) is 14.5 Å². The number of hydrogen-bond donors (Lipinski definition) is 2. The molecule has 2 amide bonds. The van der Waals surface area contributed by atoms with E-state index in [0.717, 1.165) is 37.5 Å². The molecule has 8 heteroatoms. The molecule has 0 aliphatic carbocycles. The van der Waals surface area contributed by atoms with Gasteiger partial charge < -0.3 is 20.8 Å². The highest BCUT2D eigenvalue weighted by molar-refractivity contribution is 5.97. The number of anilines is 1. The normalized spacial score (nSPS) is 15.6. The Morgan fingerprint density at radius 2 is 1.82 bits per heavy atom. The highest BCUT2D eigenvalue weighted by atomic mass is 16.4. The topological polar surface area (TPSA) is 119 Å². The smallest absolute Gasteiger partial charge is 0.284 e. The number of hydrogen-bond acceptors (Lipinski definition) is 6. The van der Waals surface area contributed by atoms with E-state index in [2.05, 4.69) is 14.8 Å². The monoisotopic (exact) mass is 385 g/mol. The van der Waals surface area contributed by atoms with Crippen LogP contribution >= 0.6 is 0 Å².